The Labute approximate surface area is 130 Å². The highest BCUT2D eigenvalue weighted by atomic mass is 16.6. The van der Waals surface area contributed by atoms with Gasteiger partial charge < -0.3 is 25.7 Å². The van der Waals surface area contributed by atoms with Crippen LogP contribution in [0.5, 0.6) is 0 Å². The molecule has 0 aliphatic heterocycles. The summed E-state index contributed by atoms with van der Waals surface area (Å²) in [5, 5.41) is 22.6. The lowest BCUT2D eigenvalue weighted by Crippen LogP contribution is -2.34. The summed E-state index contributed by atoms with van der Waals surface area (Å²) < 4.78 is 5.08. The number of anilines is 1. The molecule has 0 aliphatic rings. The summed E-state index contributed by atoms with van der Waals surface area (Å²) in [5.74, 6) is 5.26. The highest BCUT2D eigenvalue weighted by Crippen LogP contribution is 2.20. The average molecular weight is 311 g/mol. The number of aliphatic hydroxyl groups is 2. The molecule has 0 saturated heterocycles. The van der Waals surface area contributed by atoms with Crippen LogP contribution in [0.15, 0.2) is 24.3 Å². The maximum Gasteiger partial charge on any atom is 0.407 e. The Morgan fingerprint density at radius 1 is 1.27 bits per heavy atom. The lowest BCUT2D eigenvalue weighted by atomic mass is 10.0. The molecule has 1 aromatic rings. The van der Waals surface area contributed by atoms with E-state index in [0.717, 1.165) is 0 Å². The van der Waals surface area contributed by atoms with Gasteiger partial charge in [-0.15, -0.1) is 0 Å². The number of ether oxygens (including phenoxy) is 1. The number of hydrogen-bond acceptors (Lipinski definition) is 6. The van der Waals surface area contributed by atoms with Crippen molar-refractivity contribution in [3.05, 3.63) is 29.8 Å². The molecule has 22 heavy (non-hydrogen) atoms. The summed E-state index contributed by atoms with van der Waals surface area (Å²) in [5.41, 5.74) is 3.19. The summed E-state index contributed by atoms with van der Waals surface area (Å²) in [4.78, 5) is 11.5. The number of rotatable bonds is 6. The molecule has 0 saturated carbocycles. The standard InChI is InChI=1S/C15H25N3O4/c1-15(2,3)22-14(21)17-9-8-12(19)13(20)10-4-6-11(18-16)7-5-10/h4-7,12-13,18-20H,8-9,16H2,1-3H3,(H,17,21). The smallest absolute Gasteiger partial charge is 0.407 e. The molecule has 0 heterocycles. The number of alkyl carbamates (subject to hydrolysis) is 1. The molecule has 1 rings (SSSR count). The number of nitrogen functional groups attached to an aromatic ring is 1. The van der Waals surface area contributed by atoms with Crippen molar-refractivity contribution in [1.29, 1.82) is 0 Å². The quantitative estimate of drug-likeness (QED) is 0.399. The van der Waals surface area contributed by atoms with Crippen molar-refractivity contribution in [1.82, 2.24) is 5.32 Å². The monoisotopic (exact) mass is 311 g/mol. The van der Waals surface area contributed by atoms with Crippen LogP contribution in [0.25, 0.3) is 0 Å². The molecule has 2 unspecified atom stereocenters. The number of nitrogens with two attached hydrogens (primary N) is 1. The Morgan fingerprint density at radius 2 is 1.86 bits per heavy atom. The van der Waals surface area contributed by atoms with Crippen LogP contribution < -0.4 is 16.6 Å². The van der Waals surface area contributed by atoms with Gasteiger partial charge in [-0.25, -0.2) is 4.79 Å². The van der Waals surface area contributed by atoms with Crippen LogP contribution in [0.2, 0.25) is 0 Å². The minimum Gasteiger partial charge on any atom is -0.444 e. The zero-order valence-electron chi connectivity index (χ0n) is 13.2. The van der Waals surface area contributed by atoms with Crippen LogP contribution in [-0.4, -0.2) is 34.6 Å². The lowest BCUT2D eigenvalue weighted by molar-refractivity contribution is 0.0123. The van der Waals surface area contributed by atoms with E-state index in [9.17, 15) is 15.0 Å². The first-order valence-corrected chi connectivity index (χ1v) is 7.12. The molecule has 0 spiro atoms. The Morgan fingerprint density at radius 3 is 2.36 bits per heavy atom. The topological polar surface area (TPSA) is 117 Å². The van der Waals surface area contributed by atoms with Crippen LogP contribution in [-0.2, 0) is 4.74 Å². The highest BCUT2D eigenvalue weighted by Gasteiger charge is 2.19. The number of benzene rings is 1. The van der Waals surface area contributed by atoms with Gasteiger partial charge in [0.15, 0.2) is 0 Å². The van der Waals surface area contributed by atoms with Gasteiger partial charge in [0.2, 0.25) is 0 Å². The van der Waals surface area contributed by atoms with Crippen LogP contribution in [0.1, 0.15) is 38.9 Å². The van der Waals surface area contributed by atoms with E-state index in [2.05, 4.69) is 10.7 Å². The van der Waals surface area contributed by atoms with Crippen LogP contribution in [0, 0.1) is 0 Å². The molecular formula is C15H25N3O4. The third kappa shape index (κ3) is 6.30. The van der Waals surface area contributed by atoms with Crippen molar-refractivity contribution < 1.29 is 19.7 Å². The summed E-state index contributed by atoms with van der Waals surface area (Å²) in [6, 6.07) is 6.74. The number of carbonyl (C=O) groups is 1. The third-order valence-electron chi connectivity index (χ3n) is 2.89. The third-order valence-corrected chi connectivity index (χ3v) is 2.89. The highest BCUT2D eigenvalue weighted by molar-refractivity contribution is 5.67. The van der Waals surface area contributed by atoms with Gasteiger partial charge in [-0.05, 0) is 44.9 Å². The molecule has 124 valence electrons. The van der Waals surface area contributed by atoms with Gasteiger partial charge in [0.05, 0.1) is 6.10 Å². The van der Waals surface area contributed by atoms with E-state index in [-0.39, 0.29) is 13.0 Å². The van der Waals surface area contributed by atoms with Gasteiger partial charge in [0.25, 0.3) is 0 Å². The Kier molecular flexibility index (Phi) is 6.61. The van der Waals surface area contributed by atoms with Crippen molar-refractivity contribution in [2.45, 2.75) is 45.0 Å². The molecule has 7 nitrogen and oxygen atoms in total. The van der Waals surface area contributed by atoms with E-state index in [1.165, 1.54) is 0 Å². The summed E-state index contributed by atoms with van der Waals surface area (Å²) in [6.07, 6.45) is -2.37. The van der Waals surface area contributed by atoms with Gasteiger partial charge in [-0.3, -0.25) is 5.84 Å². The second-order valence-electron chi connectivity index (χ2n) is 6.00. The van der Waals surface area contributed by atoms with Crippen molar-refractivity contribution in [3.63, 3.8) is 0 Å². The van der Waals surface area contributed by atoms with Gasteiger partial charge in [-0.2, -0.15) is 0 Å². The van der Waals surface area contributed by atoms with Crippen molar-refractivity contribution in [2.24, 2.45) is 5.84 Å². The first-order valence-electron chi connectivity index (χ1n) is 7.12. The molecule has 7 heteroatoms. The van der Waals surface area contributed by atoms with E-state index >= 15 is 0 Å². The fourth-order valence-electron chi connectivity index (χ4n) is 1.79. The fraction of sp³-hybridized carbons (Fsp3) is 0.533. The van der Waals surface area contributed by atoms with Crippen molar-refractivity contribution >= 4 is 11.8 Å². The van der Waals surface area contributed by atoms with Gasteiger partial charge >= 0.3 is 6.09 Å². The molecule has 2 atom stereocenters. The number of aliphatic hydroxyl groups excluding tert-OH is 2. The van der Waals surface area contributed by atoms with E-state index in [4.69, 9.17) is 10.6 Å². The molecule has 1 aromatic carbocycles. The van der Waals surface area contributed by atoms with Crippen LogP contribution in [0.3, 0.4) is 0 Å². The molecule has 0 aliphatic carbocycles. The molecule has 0 fully saturated rings. The maximum atomic E-state index is 11.5. The van der Waals surface area contributed by atoms with E-state index in [0.29, 0.717) is 11.3 Å². The number of hydrazine groups is 1. The van der Waals surface area contributed by atoms with E-state index in [1.54, 1.807) is 45.0 Å². The molecule has 0 aromatic heterocycles. The van der Waals surface area contributed by atoms with E-state index in [1.807, 2.05) is 0 Å². The minimum absolute atomic E-state index is 0.204. The first-order chi connectivity index (χ1) is 10.2. The zero-order chi connectivity index (χ0) is 16.8. The number of nitrogens with one attached hydrogen (secondary N) is 2. The molecule has 0 bridgehead atoms. The molecule has 6 N–H and O–H groups in total. The predicted molar refractivity (Wildman–Crippen MR) is 84.1 cm³/mol. The maximum absolute atomic E-state index is 11.5. The Balaban J connectivity index is 2.40. The van der Waals surface area contributed by atoms with Gasteiger partial charge in [0, 0.05) is 12.2 Å². The average Bonchev–Trinajstić information content (AvgIpc) is 2.44. The number of hydrogen-bond donors (Lipinski definition) is 5. The summed E-state index contributed by atoms with van der Waals surface area (Å²) >= 11 is 0. The van der Waals surface area contributed by atoms with E-state index < -0.39 is 23.9 Å². The van der Waals surface area contributed by atoms with Gasteiger partial charge in [0.1, 0.15) is 11.7 Å². The Hall–Kier alpha value is -1.83. The normalized spacial score (nSPS) is 14.1. The van der Waals surface area contributed by atoms with Crippen LogP contribution >= 0.6 is 0 Å². The summed E-state index contributed by atoms with van der Waals surface area (Å²) in [7, 11) is 0. The number of carbonyl (C=O) groups excluding carboxylic acids is 1. The molecule has 1 amide bonds. The zero-order valence-corrected chi connectivity index (χ0v) is 13.2. The molecule has 0 radical (unpaired) electrons. The molecular weight excluding hydrogens is 286 g/mol. The second-order valence-corrected chi connectivity index (χ2v) is 6.00. The second kappa shape index (κ2) is 7.98. The first kappa shape index (κ1) is 18.2. The largest absolute Gasteiger partial charge is 0.444 e. The summed E-state index contributed by atoms with van der Waals surface area (Å²) in [6.45, 7) is 5.51. The lowest BCUT2D eigenvalue weighted by Gasteiger charge is -2.21. The van der Waals surface area contributed by atoms with Crippen LogP contribution in [0.4, 0.5) is 10.5 Å². The SMILES string of the molecule is CC(C)(C)OC(=O)NCCC(O)C(O)c1ccc(NN)cc1. The predicted octanol–water partition coefficient (Wildman–Crippen LogP) is 1.28. The van der Waals surface area contributed by atoms with Crippen molar-refractivity contribution in [3.8, 4) is 0 Å². The van der Waals surface area contributed by atoms with Crippen molar-refractivity contribution in [2.75, 3.05) is 12.0 Å². The number of amides is 1. The fourth-order valence-corrected chi connectivity index (χ4v) is 1.79. The Bertz CT molecular complexity index is 471. The van der Waals surface area contributed by atoms with Gasteiger partial charge in [-0.1, -0.05) is 12.1 Å². The minimum atomic E-state index is -1.03.